The molecule has 116 valence electrons. The Labute approximate surface area is 134 Å². The second-order valence-corrected chi connectivity index (χ2v) is 6.56. The van der Waals surface area contributed by atoms with Gasteiger partial charge >= 0.3 is 6.03 Å². The fourth-order valence-corrected chi connectivity index (χ4v) is 3.55. The molecule has 2 aromatic rings. The van der Waals surface area contributed by atoms with Crippen molar-refractivity contribution in [2.45, 2.75) is 25.4 Å². The molecule has 0 saturated carbocycles. The number of benzene rings is 1. The molecule has 2 amide bonds. The number of nitrogens with one attached hydrogen (secondary N) is 2. The van der Waals surface area contributed by atoms with E-state index in [0.29, 0.717) is 0 Å². The molecule has 22 heavy (non-hydrogen) atoms. The fraction of sp³-hybridized carbons (Fsp3) is 0.375. The van der Waals surface area contributed by atoms with Crippen LogP contribution in [0.2, 0.25) is 0 Å². The Balaban J connectivity index is 1.50. The van der Waals surface area contributed by atoms with Crippen LogP contribution >= 0.6 is 11.8 Å². The van der Waals surface area contributed by atoms with Gasteiger partial charge in [-0.3, -0.25) is 4.68 Å². The normalized spacial score (nSPS) is 17.9. The van der Waals surface area contributed by atoms with E-state index < -0.39 is 0 Å². The fourth-order valence-electron chi connectivity index (χ4n) is 2.48. The molecule has 0 unspecified atom stereocenters. The van der Waals surface area contributed by atoms with E-state index in [1.54, 1.807) is 6.20 Å². The molecule has 1 aromatic carbocycles. The smallest absolute Gasteiger partial charge is 0.319 e. The van der Waals surface area contributed by atoms with Gasteiger partial charge in [-0.25, -0.2) is 4.79 Å². The molecule has 1 fully saturated rings. The number of carbonyl (C=O) groups excluding carboxylic acids is 1. The van der Waals surface area contributed by atoms with Gasteiger partial charge in [0.15, 0.2) is 0 Å². The number of carbonyl (C=O) groups is 1. The highest BCUT2D eigenvalue weighted by Crippen LogP contribution is 2.17. The Morgan fingerprint density at radius 1 is 1.36 bits per heavy atom. The van der Waals surface area contributed by atoms with Crippen molar-refractivity contribution in [2.24, 2.45) is 0 Å². The summed E-state index contributed by atoms with van der Waals surface area (Å²) in [6.07, 6.45) is 5.95. The number of anilines is 1. The summed E-state index contributed by atoms with van der Waals surface area (Å²) in [6, 6.07) is 9.94. The first-order valence-electron chi connectivity index (χ1n) is 7.51. The zero-order chi connectivity index (χ0) is 15.2. The molecular formula is C16H20N4OS. The van der Waals surface area contributed by atoms with Gasteiger partial charge < -0.3 is 10.6 Å². The first-order chi connectivity index (χ1) is 10.8. The molecule has 0 spiro atoms. The van der Waals surface area contributed by atoms with Crippen LogP contribution in [0, 0.1) is 0 Å². The molecule has 3 rings (SSSR count). The van der Waals surface area contributed by atoms with E-state index >= 15 is 0 Å². The molecule has 6 heteroatoms. The standard InChI is InChI=1S/C16H20N4OS/c21-16(19-15-3-1-10-22-12-15)18-14-6-4-13(5-7-14)11-20-9-2-8-17-20/h2,4-9,15H,1,3,10-12H2,(H2,18,19,21)/t15-/m0/s1. The van der Waals surface area contributed by atoms with E-state index in [2.05, 4.69) is 15.7 Å². The summed E-state index contributed by atoms with van der Waals surface area (Å²) in [4.78, 5) is 12.0. The highest BCUT2D eigenvalue weighted by molar-refractivity contribution is 7.99. The lowest BCUT2D eigenvalue weighted by atomic mass is 10.2. The molecular weight excluding hydrogens is 296 g/mol. The summed E-state index contributed by atoms with van der Waals surface area (Å²) >= 11 is 1.90. The number of rotatable bonds is 4. The predicted molar refractivity (Wildman–Crippen MR) is 90.3 cm³/mol. The zero-order valence-corrected chi connectivity index (χ0v) is 13.2. The number of aromatic nitrogens is 2. The molecule has 5 nitrogen and oxygen atoms in total. The van der Waals surface area contributed by atoms with E-state index in [-0.39, 0.29) is 12.1 Å². The van der Waals surface area contributed by atoms with Crippen molar-refractivity contribution >= 4 is 23.5 Å². The topological polar surface area (TPSA) is 59.0 Å². The van der Waals surface area contributed by atoms with Crippen LogP contribution in [0.1, 0.15) is 18.4 Å². The van der Waals surface area contributed by atoms with Crippen molar-refractivity contribution in [1.82, 2.24) is 15.1 Å². The monoisotopic (exact) mass is 316 g/mol. The third kappa shape index (κ3) is 4.27. The number of thioether (sulfide) groups is 1. The quantitative estimate of drug-likeness (QED) is 0.912. The Bertz CT molecular complexity index is 591. The summed E-state index contributed by atoms with van der Waals surface area (Å²) in [5, 5.41) is 10.1. The summed E-state index contributed by atoms with van der Waals surface area (Å²) in [5.41, 5.74) is 1.96. The molecule has 0 radical (unpaired) electrons. The lowest BCUT2D eigenvalue weighted by Crippen LogP contribution is -2.40. The lowest BCUT2D eigenvalue weighted by molar-refractivity contribution is 0.248. The van der Waals surface area contributed by atoms with Gasteiger partial charge in [0.1, 0.15) is 0 Å². The Morgan fingerprint density at radius 3 is 2.91 bits per heavy atom. The maximum Gasteiger partial charge on any atom is 0.319 e. The van der Waals surface area contributed by atoms with Crippen molar-refractivity contribution in [2.75, 3.05) is 16.8 Å². The van der Waals surface area contributed by atoms with E-state index in [4.69, 9.17) is 0 Å². The molecule has 0 bridgehead atoms. The van der Waals surface area contributed by atoms with Gasteiger partial charge in [-0.05, 0) is 42.4 Å². The van der Waals surface area contributed by atoms with Crippen molar-refractivity contribution in [3.63, 3.8) is 0 Å². The average molecular weight is 316 g/mol. The second kappa shape index (κ2) is 7.35. The zero-order valence-electron chi connectivity index (χ0n) is 12.4. The van der Waals surface area contributed by atoms with Crippen LogP contribution in [0.3, 0.4) is 0 Å². The Hall–Kier alpha value is -1.95. The van der Waals surface area contributed by atoms with Crippen LogP contribution in [0.5, 0.6) is 0 Å². The molecule has 2 heterocycles. The average Bonchev–Trinajstić information content (AvgIpc) is 3.03. The van der Waals surface area contributed by atoms with E-state index in [1.807, 2.05) is 53.0 Å². The van der Waals surface area contributed by atoms with Crippen LogP contribution in [-0.4, -0.2) is 33.4 Å². The van der Waals surface area contributed by atoms with Crippen LogP contribution < -0.4 is 10.6 Å². The number of hydrogen-bond acceptors (Lipinski definition) is 3. The van der Waals surface area contributed by atoms with E-state index in [1.165, 1.54) is 12.2 Å². The largest absolute Gasteiger partial charge is 0.334 e. The number of urea groups is 1. The molecule has 1 aliphatic rings. The van der Waals surface area contributed by atoms with E-state index in [9.17, 15) is 4.79 Å². The minimum Gasteiger partial charge on any atom is -0.334 e. The molecule has 1 saturated heterocycles. The van der Waals surface area contributed by atoms with Crippen LogP contribution in [0.15, 0.2) is 42.7 Å². The summed E-state index contributed by atoms with van der Waals surface area (Å²) in [5.74, 6) is 2.22. The first-order valence-corrected chi connectivity index (χ1v) is 8.67. The number of hydrogen-bond donors (Lipinski definition) is 2. The molecule has 1 aromatic heterocycles. The Kier molecular flexibility index (Phi) is 5.00. The highest BCUT2D eigenvalue weighted by atomic mass is 32.2. The van der Waals surface area contributed by atoms with Gasteiger partial charge in [-0.1, -0.05) is 12.1 Å². The van der Waals surface area contributed by atoms with Crippen molar-refractivity contribution < 1.29 is 4.79 Å². The van der Waals surface area contributed by atoms with Gasteiger partial charge in [0, 0.05) is 29.9 Å². The van der Waals surface area contributed by atoms with Gasteiger partial charge in [0.05, 0.1) is 6.54 Å². The number of amides is 2. The summed E-state index contributed by atoms with van der Waals surface area (Å²) in [6.45, 7) is 0.735. The highest BCUT2D eigenvalue weighted by Gasteiger charge is 2.15. The van der Waals surface area contributed by atoms with Crippen molar-refractivity contribution in [3.8, 4) is 0 Å². The van der Waals surface area contributed by atoms with Gasteiger partial charge in [-0.2, -0.15) is 16.9 Å². The third-order valence-corrected chi connectivity index (χ3v) is 4.83. The second-order valence-electron chi connectivity index (χ2n) is 5.41. The van der Waals surface area contributed by atoms with Crippen LogP contribution in [0.25, 0.3) is 0 Å². The molecule has 2 N–H and O–H groups in total. The maximum atomic E-state index is 12.0. The van der Waals surface area contributed by atoms with Gasteiger partial charge in [0.25, 0.3) is 0 Å². The first kappa shape index (κ1) is 15.0. The molecule has 0 aliphatic carbocycles. The van der Waals surface area contributed by atoms with E-state index in [0.717, 1.165) is 30.0 Å². The lowest BCUT2D eigenvalue weighted by Gasteiger charge is -2.22. The minimum absolute atomic E-state index is 0.118. The summed E-state index contributed by atoms with van der Waals surface area (Å²) < 4.78 is 1.87. The van der Waals surface area contributed by atoms with Gasteiger partial charge in [0.2, 0.25) is 0 Å². The van der Waals surface area contributed by atoms with Crippen molar-refractivity contribution in [1.29, 1.82) is 0 Å². The SMILES string of the molecule is O=C(Nc1ccc(Cn2cccn2)cc1)N[C@H]1CCCSC1. The third-order valence-electron chi connectivity index (χ3n) is 3.61. The number of nitrogens with zero attached hydrogens (tertiary/aromatic N) is 2. The predicted octanol–water partition coefficient (Wildman–Crippen LogP) is 2.95. The van der Waals surface area contributed by atoms with Crippen LogP contribution in [0.4, 0.5) is 10.5 Å². The Morgan fingerprint density at radius 2 is 2.23 bits per heavy atom. The van der Waals surface area contributed by atoms with Crippen LogP contribution in [-0.2, 0) is 6.54 Å². The summed E-state index contributed by atoms with van der Waals surface area (Å²) in [7, 11) is 0. The van der Waals surface area contributed by atoms with Crippen molar-refractivity contribution in [3.05, 3.63) is 48.3 Å². The molecule has 1 atom stereocenters. The van der Waals surface area contributed by atoms with Gasteiger partial charge in [-0.15, -0.1) is 0 Å². The maximum absolute atomic E-state index is 12.0. The minimum atomic E-state index is -0.118. The molecule has 1 aliphatic heterocycles.